The van der Waals surface area contributed by atoms with Crippen molar-refractivity contribution >= 4 is 43.7 Å². The molecule has 26 heavy (non-hydrogen) atoms. The predicted molar refractivity (Wildman–Crippen MR) is 108 cm³/mol. The summed E-state index contributed by atoms with van der Waals surface area (Å²) in [7, 11) is 0. The van der Waals surface area contributed by atoms with E-state index in [4.69, 9.17) is 4.42 Å². The molecule has 0 aliphatic carbocycles. The third-order valence-corrected chi connectivity index (χ3v) is 5.19. The van der Waals surface area contributed by atoms with Crippen LogP contribution >= 0.6 is 0 Å². The van der Waals surface area contributed by atoms with Crippen molar-refractivity contribution in [2.45, 2.75) is 0 Å². The van der Waals surface area contributed by atoms with Gasteiger partial charge >= 0.3 is 0 Å². The van der Waals surface area contributed by atoms with Gasteiger partial charge in [0.1, 0.15) is 11.2 Å². The van der Waals surface area contributed by atoms with Gasteiger partial charge in [-0.25, -0.2) is 0 Å². The van der Waals surface area contributed by atoms with Gasteiger partial charge < -0.3 is 8.98 Å². The smallest absolute Gasteiger partial charge is 0.137 e. The van der Waals surface area contributed by atoms with E-state index in [0.717, 1.165) is 22.2 Å². The molecular formula is C24H15NO. The van der Waals surface area contributed by atoms with Crippen LogP contribution in [-0.2, 0) is 0 Å². The fourth-order valence-electron chi connectivity index (χ4n) is 4.14. The van der Waals surface area contributed by atoms with E-state index in [0.29, 0.717) is 0 Å². The molecule has 0 spiro atoms. The molecule has 0 unspecified atom stereocenters. The molecule has 6 aromatic rings. The topological polar surface area (TPSA) is 18.1 Å². The predicted octanol–water partition coefficient (Wildman–Crippen LogP) is 6.68. The van der Waals surface area contributed by atoms with Crippen molar-refractivity contribution in [2.75, 3.05) is 0 Å². The highest BCUT2D eigenvalue weighted by Crippen LogP contribution is 2.40. The highest BCUT2D eigenvalue weighted by atomic mass is 16.3. The van der Waals surface area contributed by atoms with E-state index in [2.05, 4.69) is 83.4 Å². The third kappa shape index (κ3) is 1.71. The maximum Gasteiger partial charge on any atom is 0.137 e. The van der Waals surface area contributed by atoms with Gasteiger partial charge in [0.25, 0.3) is 0 Å². The molecule has 122 valence electrons. The van der Waals surface area contributed by atoms with E-state index >= 15 is 0 Å². The highest BCUT2D eigenvalue weighted by Gasteiger charge is 2.17. The molecule has 2 nitrogen and oxygen atoms in total. The zero-order chi connectivity index (χ0) is 17.1. The van der Waals surface area contributed by atoms with Gasteiger partial charge in [0.2, 0.25) is 0 Å². The van der Waals surface area contributed by atoms with Gasteiger partial charge in [-0.3, -0.25) is 0 Å². The monoisotopic (exact) mass is 333 g/mol. The van der Waals surface area contributed by atoms with Crippen molar-refractivity contribution in [3.05, 3.63) is 91.0 Å². The van der Waals surface area contributed by atoms with Crippen LogP contribution in [0.25, 0.3) is 49.4 Å². The SMILES string of the molecule is c1ccc(-n2c3cccc4oc5ccccc5c5cccc2c5c43)cc1. The summed E-state index contributed by atoms with van der Waals surface area (Å²) in [6.07, 6.45) is 0. The minimum atomic E-state index is 0.912. The molecule has 0 radical (unpaired) electrons. The van der Waals surface area contributed by atoms with Crippen LogP contribution in [0.15, 0.2) is 95.4 Å². The van der Waals surface area contributed by atoms with Crippen molar-refractivity contribution in [1.29, 1.82) is 0 Å². The zero-order valence-corrected chi connectivity index (χ0v) is 14.0. The van der Waals surface area contributed by atoms with E-state index in [9.17, 15) is 0 Å². The third-order valence-electron chi connectivity index (χ3n) is 5.19. The van der Waals surface area contributed by atoms with Gasteiger partial charge in [-0.2, -0.15) is 0 Å². The number of aromatic nitrogens is 1. The van der Waals surface area contributed by atoms with Crippen molar-refractivity contribution in [1.82, 2.24) is 4.57 Å². The van der Waals surface area contributed by atoms with Crippen molar-refractivity contribution in [3.63, 3.8) is 0 Å². The number of para-hydroxylation sites is 2. The number of hydrogen-bond donors (Lipinski definition) is 0. The first-order chi connectivity index (χ1) is 12.9. The number of nitrogens with zero attached hydrogens (tertiary/aromatic N) is 1. The Balaban J connectivity index is 1.99. The van der Waals surface area contributed by atoms with Gasteiger partial charge in [0, 0.05) is 16.5 Å². The molecule has 6 rings (SSSR count). The Hall–Kier alpha value is -3.52. The lowest BCUT2D eigenvalue weighted by molar-refractivity contribution is 0.664. The van der Waals surface area contributed by atoms with Crippen LogP contribution in [0.5, 0.6) is 0 Å². The van der Waals surface area contributed by atoms with E-state index in [1.54, 1.807) is 0 Å². The van der Waals surface area contributed by atoms with Crippen molar-refractivity contribution in [3.8, 4) is 5.69 Å². The largest absolute Gasteiger partial charge is 0.456 e. The number of benzene rings is 4. The van der Waals surface area contributed by atoms with E-state index < -0.39 is 0 Å². The van der Waals surface area contributed by atoms with Gasteiger partial charge in [-0.1, -0.05) is 54.6 Å². The summed E-state index contributed by atoms with van der Waals surface area (Å²) in [6, 6.07) is 31.6. The minimum absolute atomic E-state index is 0.912. The average molecular weight is 333 g/mol. The molecule has 0 atom stereocenters. The number of rotatable bonds is 1. The first kappa shape index (κ1) is 13.7. The second-order valence-corrected chi connectivity index (χ2v) is 6.62. The summed E-state index contributed by atoms with van der Waals surface area (Å²) in [5.41, 5.74) is 5.37. The van der Waals surface area contributed by atoms with E-state index in [-0.39, 0.29) is 0 Å². The molecule has 0 aliphatic heterocycles. The number of fused-ring (bicyclic) bond motifs is 2. The molecule has 2 aromatic heterocycles. The van der Waals surface area contributed by atoms with Crippen LogP contribution < -0.4 is 0 Å². The lowest BCUT2D eigenvalue weighted by atomic mass is 10.1. The second kappa shape index (κ2) is 4.99. The minimum Gasteiger partial charge on any atom is -0.456 e. The summed E-state index contributed by atoms with van der Waals surface area (Å²) in [5, 5.41) is 4.80. The summed E-state index contributed by atoms with van der Waals surface area (Å²) < 4.78 is 8.68. The second-order valence-electron chi connectivity index (χ2n) is 6.62. The summed E-state index contributed by atoms with van der Waals surface area (Å²) in [6.45, 7) is 0. The molecule has 2 heteroatoms. The molecule has 0 bridgehead atoms. The Labute approximate surface area is 149 Å². The lowest BCUT2D eigenvalue weighted by Crippen LogP contribution is -1.92. The van der Waals surface area contributed by atoms with Crippen LogP contribution in [0, 0.1) is 0 Å². The molecule has 0 aliphatic rings. The van der Waals surface area contributed by atoms with Crippen LogP contribution in [0.1, 0.15) is 0 Å². The fraction of sp³-hybridized carbons (Fsp3) is 0. The Kier molecular flexibility index (Phi) is 2.64. The molecule has 0 saturated heterocycles. The van der Waals surface area contributed by atoms with Crippen LogP contribution in [0.4, 0.5) is 0 Å². The normalized spacial score (nSPS) is 11.8. The number of hydrogen-bond acceptors (Lipinski definition) is 1. The van der Waals surface area contributed by atoms with Crippen LogP contribution in [0.2, 0.25) is 0 Å². The highest BCUT2D eigenvalue weighted by molar-refractivity contribution is 6.26. The molecule has 4 aromatic carbocycles. The quantitative estimate of drug-likeness (QED) is 0.328. The standard InChI is InChI=1S/C24H15NO/c1-2-8-16(9-3-1)25-19-12-6-11-18-17-10-4-5-14-21(17)26-22-15-7-13-20(25)24(22)23(18)19/h1-15H. The van der Waals surface area contributed by atoms with Crippen LogP contribution in [0.3, 0.4) is 0 Å². The molecule has 0 amide bonds. The maximum atomic E-state index is 6.36. The molecule has 0 saturated carbocycles. The van der Waals surface area contributed by atoms with Gasteiger partial charge in [-0.05, 0) is 41.8 Å². The Morgan fingerprint density at radius 1 is 0.500 bits per heavy atom. The van der Waals surface area contributed by atoms with Crippen molar-refractivity contribution in [2.24, 2.45) is 0 Å². The molecule has 2 heterocycles. The molecule has 0 N–H and O–H groups in total. The zero-order valence-electron chi connectivity index (χ0n) is 14.0. The van der Waals surface area contributed by atoms with E-state index in [1.807, 2.05) is 12.1 Å². The van der Waals surface area contributed by atoms with Gasteiger partial charge in [0.05, 0.1) is 16.4 Å². The lowest BCUT2D eigenvalue weighted by Gasteiger charge is -2.07. The Morgan fingerprint density at radius 2 is 1.15 bits per heavy atom. The van der Waals surface area contributed by atoms with Gasteiger partial charge in [-0.15, -0.1) is 0 Å². The average Bonchev–Trinajstić information content (AvgIpc) is 2.96. The Morgan fingerprint density at radius 3 is 2.04 bits per heavy atom. The van der Waals surface area contributed by atoms with Crippen LogP contribution in [-0.4, -0.2) is 4.57 Å². The van der Waals surface area contributed by atoms with E-state index in [1.165, 1.54) is 27.2 Å². The molecule has 0 fully saturated rings. The summed E-state index contributed by atoms with van der Waals surface area (Å²) in [5.74, 6) is 0. The van der Waals surface area contributed by atoms with Gasteiger partial charge in [0.15, 0.2) is 0 Å². The molecular weight excluding hydrogens is 318 g/mol. The summed E-state index contributed by atoms with van der Waals surface area (Å²) >= 11 is 0. The first-order valence-corrected chi connectivity index (χ1v) is 8.81. The Bertz CT molecular complexity index is 1420. The fourth-order valence-corrected chi connectivity index (χ4v) is 4.14. The van der Waals surface area contributed by atoms with Crippen molar-refractivity contribution < 1.29 is 4.42 Å². The first-order valence-electron chi connectivity index (χ1n) is 8.81. The maximum absolute atomic E-state index is 6.36. The summed E-state index contributed by atoms with van der Waals surface area (Å²) in [4.78, 5) is 0.